The normalized spacial score (nSPS) is 17.0. The van der Waals surface area contributed by atoms with Crippen LogP contribution >= 0.6 is 0 Å². The second-order valence-corrected chi connectivity index (χ2v) is 9.54. The lowest BCUT2D eigenvalue weighted by atomic mass is 10.1. The maximum atomic E-state index is 13.2. The van der Waals surface area contributed by atoms with Crippen molar-refractivity contribution in [2.24, 2.45) is 0 Å². The van der Waals surface area contributed by atoms with Gasteiger partial charge in [-0.2, -0.15) is 13.2 Å². The van der Waals surface area contributed by atoms with Gasteiger partial charge in [-0.1, -0.05) is 7.43 Å². The summed E-state index contributed by atoms with van der Waals surface area (Å²) < 4.78 is 58.4. The summed E-state index contributed by atoms with van der Waals surface area (Å²) in [5, 5.41) is 10.9. The Hall–Kier alpha value is -3.41. The molecule has 2 fully saturated rings. The van der Waals surface area contributed by atoms with Gasteiger partial charge in [0.25, 0.3) is 5.69 Å². The van der Waals surface area contributed by atoms with Gasteiger partial charge in [0.1, 0.15) is 23.2 Å². The Kier molecular flexibility index (Phi) is 10.1. The molecule has 2 saturated heterocycles. The van der Waals surface area contributed by atoms with Crippen molar-refractivity contribution in [3.05, 3.63) is 64.0 Å². The molecule has 2 aromatic carbocycles. The zero-order valence-electron chi connectivity index (χ0n) is 20.8. The smallest absolute Gasteiger partial charge is 0.423 e. The second kappa shape index (κ2) is 13.1. The molecular formula is C27H34F4N4O4. The number of piperazine rings is 1. The number of alkyl halides is 3. The molecule has 0 saturated carbocycles. The van der Waals surface area contributed by atoms with Gasteiger partial charge in [0, 0.05) is 70.3 Å². The number of halogens is 4. The number of nitro groups is 1. The Bertz CT molecular complexity index is 1110. The van der Waals surface area contributed by atoms with Crippen LogP contribution in [0, 0.1) is 15.9 Å². The molecule has 0 radical (unpaired) electrons. The van der Waals surface area contributed by atoms with Gasteiger partial charge in [-0.3, -0.25) is 19.8 Å². The van der Waals surface area contributed by atoms with Gasteiger partial charge in [0.05, 0.1) is 4.92 Å². The largest absolute Gasteiger partial charge is 0.490 e. The van der Waals surface area contributed by atoms with Crippen LogP contribution in [0.2, 0.25) is 0 Å². The molecule has 2 heterocycles. The third kappa shape index (κ3) is 8.04. The van der Waals surface area contributed by atoms with Crippen LogP contribution in [0.25, 0.3) is 0 Å². The average molecular weight is 555 g/mol. The highest BCUT2D eigenvalue weighted by Gasteiger charge is 2.39. The first-order valence-corrected chi connectivity index (χ1v) is 12.6. The van der Waals surface area contributed by atoms with E-state index in [1.165, 1.54) is 18.2 Å². The number of nitrogens with zero attached hydrogens (tertiary/aromatic N) is 4. The van der Waals surface area contributed by atoms with Crippen LogP contribution in [0.4, 0.5) is 28.9 Å². The highest BCUT2D eigenvalue weighted by atomic mass is 19.4. The third-order valence-corrected chi connectivity index (χ3v) is 7.00. The van der Waals surface area contributed by atoms with Gasteiger partial charge in [-0.05, 0) is 49.4 Å². The SMILES string of the molecule is C.O=C(CCCN1CCN(c2ccc(F)cc2)CC1)N1CCC(Oc2ccc([N+](=O)[O-])c(C(F)(F)F)c2)CC1. The monoisotopic (exact) mass is 554 g/mol. The van der Waals surface area contributed by atoms with Crippen molar-refractivity contribution in [1.82, 2.24) is 9.80 Å². The minimum atomic E-state index is -4.87. The van der Waals surface area contributed by atoms with Gasteiger partial charge in [0.2, 0.25) is 5.91 Å². The molecule has 0 N–H and O–H groups in total. The third-order valence-electron chi connectivity index (χ3n) is 7.00. The molecule has 12 heteroatoms. The number of carbonyl (C=O) groups is 1. The molecule has 214 valence electrons. The van der Waals surface area contributed by atoms with E-state index in [1.54, 1.807) is 17.0 Å². The number of rotatable bonds is 8. The molecule has 39 heavy (non-hydrogen) atoms. The molecule has 0 bridgehead atoms. The first-order chi connectivity index (χ1) is 18.1. The van der Waals surface area contributed by atoms with E-state index in [0.29, 0.717) is 38.4 Å². The molecule has 1 amide bonds. The molecule has 4 rings (SSSR count). The zero-order chi connectivity index (χ0) is 27.3. The fourth-order valence-electron chi connectivity index (χ4n) is 4.88. The van der Waals surface area contributed by atoms with E-state index in [-0.39, 0.29) is 31.0 Å². The van der Waals surface area contributed by atoms with Crippen molar-refractivity contribution >= 4 is 17.3 Å². The van der Waals surface area contributed by atoms with Crippen LogP contribution in [0.1, 0.15) is 38.7 Å². The van der Waals surface area contributed by atoms with Crippen LogP contribution in [-0.4, -0.2) is 72.5 Å². The lowest BCUT2D eigenvalue weighted by Gasteiger charge is -2.36. The summed E-state index contributed by atoms with van der Waals surface area (Å²) in [6.07, 6.45) is -3.16. The summed E-state index contributed by atoms with van der Waals surface area (Å²) in [4.78, 5) is 28.8. The van der Waals surface area contributed by atoms with Crippen molar-refractivity contribution in [3.63, 3.8) is 0 Å². The van der Waals surface area contributed by atoms with Gasteiger partial charge >= 0.3 is 6.18 Å². The Morgan fingerprint density at radius 1 is 1.00 bits per heavy atom. The van der Waals surface area contributed by atoms with Gasteiger partial charge in [-0.15, -0.1) is 0 Å². The van der Waals surface area contributed by atoms with Gasteiger partial charge < -0.3 is 14.5 Å². The van der Waals surface area contributed by atoms with Crippen molar-refractivity contribution in [2.45, 2.75) is 45.4 Å². The summed E-state index contributed by atoms with van der Waals surface area (Å²) >= 11 is 0. The first-order valence-electron chi connectivity index (χ1n) is 12.6. The van der Waals surface area contributed by atoms with E-state index in [1.807, 2.05) is 0 Å². The molecule has 2 aliphatic heterocycles. The molecule has 2 aromatic rings. The number of likely N-dealkylation sites (tertiary alicyclic amines) is 1. The standard InChI is InChI=1S/C26H30F4N4O4.CH4/c27-19-3-5-20(6-4-19)32-16-14-31(15-17-32)11-1-2-25(35)33-12-9-21(10-13-33)38-22-7-8-24(34(36)37)23(18-22)26(28,29)30;/h3-8,18,21H,1-2,9-17H2;1H4. The highest BCUT2D eigenvalue weighted by Crippen LogP contribution is 2.38. The zero-order valence-corrected chi connectivity index (χ0v) is 20.8. The molecule has 2 aliphatic rings. The summed E-state index contributed by atoms with van der Waals surface area (Å²) in [6, 6.07) is 9.12. The fraction of sp³-hybridized carbons (Fsp3) is 0.519. The minimum absolute atomic E-state index is 0. The summed E-state index contributed by atoms with van der Waals surface area (Å²) in [6.45, 7) is 5.11. The quantitative estimate of drug-likeness (QED) is 0.248. The molecule has 0 aromatic heterocycles. The van der Waals surface area contributed by atoms with Crippen LogP contribution in [-0.2, 0) is 11.0 Å². The van der Waals surface area contributed by atoms with E-state index in [4.69, 9.17) is 4.74 Å². The number of nitro benzene ring substituents is 1. The molecule has 0 unspecified atom stereocenters. The highest BCUT2D eigenvalue weighted by molar-refractivity contribution is 5.76. The number of carbonyl (C=O) groups excluding carboxylic acids is 1. The van der Waals surface area contributed by atoms with Crippen LogP contribution in [0.5, 0.6) is 5.75 Å². The summed E-state index contributed by atoms with van der Waals surface area (Å²) in [5.74, 6) is -0.284. The molecule has 0 aliphatic carbocycles. The number of hydrogen-bond donors (Lipinski definition) is 0. The lowest BCUT2D eigenvalue weighted by molar-refractivity contribution is -0.388. The van der Waals surface area contributed by atoms with E-state index in [2.05, 4.69) is 9.80 Å². The van der Waals surface area contributed by atoms with E-state index in [9.17, 15) is 32.5 Å². The van der Waals surface area contributed by atoms with Gasteiger partial charge in [-0.25, -0.2) is 4.39 Å². The maximum absolute atomic E-state index is 13.2. The maximum Gasteiger partial charge on any atom is 0.423 e. The number of amides is 1. The Morgan fingerprint density at radius 2 is 1.64 bits per heavy atom. The van der Waals surface area contributed by atoms with Gasteiger partial charge in [0.15, 0.2) is 0 Å². The van der Waals surface area contributed by atoms with E-state index >= 15 is 0 Å². The number of piperidine rings is 1. The van der Waals surface area contributed by atoms with Crippen LogP contribution < -0.4 is 9.64 Å². The number of ether oxygens (including phenoxy) is 1. The van der Waals surface area contributed by atoms with Crippen molar-refractivity contribution in [1.29, 1.82) is 0 Å². The first kappa shape index (κ1) is 30.1. The Labute approximate surface area is 225 Å². The Morgan fingerprint density at radius 3 is 2.23 bits per heavy atom. The van der Waals surface area contributed by atoms with Crippen molar-refractivity contribution < 1.29 is 32.0 Å². The second-order valence-electron chi connectivity index (χ2n) is 9.54. The summed E-state index contributed by atoms with van der Waals surface area (Å²) in [5.41, 5.74) is -1.35. The Balaban J connectivity index is 0.00000420. The molecule has 0 spiro atoms. The minimum Gasteiger partial charge on any atom is -0.490 e. The number of benzene rings is 2. The van der Waals surface area contributed by atoms with Crippen molar-refractivity contribution in [3.8, 4) is 5.75 Å². The predicted molar refractivity (Wildman–Crippen MR) is 139 cm³/mol. The average Bonchev–Trinajstić information content (AvgIpc) is 2.89. The number of anilines is 1. The summed E-state index contributed by atoms with van der Waals surface area (Å²) in [7, 11) is 0. The van der Waals surface area contributed by atoms with Crippen molar-refractivity contribution in [2.75, 3.05) is 50.7 Å². The molecule has 0 atom stereocenters. The lowest BCUT2D eigenvalue weighted by Crippen LogP contribution is -2.47. The molecule has 8 nitrogen and oxygen atoms in total. The van der Waals surface area contributed by atoms with E-state index < -0.39 is 22.4 Å². The van der Waals surface area contributed by atoms with Crippen LogP contribution in [0.3, 0.4) is 0 Å². The van der Waals surface area contributed by atoms with E-state index in [0.717, 1.165) is 50.9 Å². The topological polar surface area (TPSA) is 79.2 Å². The molecular weight excluding hydrogens is 520 g/mol. The van der Waals surface area contributed by atoms with Crippen LogP contribution in [0.15, 0.2) is 42.5 Å². The fourth-order valence-corrected chi connectivity index (χ4v) is 4.88. The predicted octanol–water partition coefficient (Wildman–Crippen LogP) is 5.36. The number of hydrogen-bond acceptors (Lipinski definition) is 6.